The van der Waals surface area contributed by atoms with E-state index in [2.05, 4.69) is 0 Å². The van der Waals surface area contributed by atoms with Crippen LogP contribution in [0.3, 0.4) is 0 Å². The largest absolute Gasteiger partial charge is 0.457 e. The minimum atomic E-state index is -0.387. The van der Waals surface area contributed by atoms with Gasteiger partial charge in [-0.15, -0.1) is 0 Å². The van der Waals surface area contributed by atoms with E-state index in [1.54, 1.807) is 54.6 Å². The summed E-state index contributed by atoms with van der Waals surface area (Å²) in [4.78, 5) is 26.5. The molecule has 4 nitrogen and oxygen atoms in total. The van der Waals surface area contributed by atoms with Crippen molar-refractivity contribution in [3.8, 4) is 11.3 Å². The molecule has 8 heteroatoms. The highest BCUT2D eigenvalue weighted by atomic mass is 35.5. The molecule has 0 radical (unpaired) electrons. The first-order valence-corrected chi connectivity index (χ1v) is 10.4. The van der Waals surface area contributed by atoms with Crippen LogP contribution in [0.2, 0.25) is 15.1 Å². The SMILES string of the molecule is O=C1S/C(=C\c2ccc(-c3ccc(Cl)cc3Cl)o2)C(=O)N1Cc1ccccc1Cl. The van der Waals surface area contributed by atoms with Crippen LogP contribution in [-0.4, -0.2) is 16.0 Å². The standard InChI is InChI=1S/C21H12Cl3NO3S/c22-13-5-7-15(17(24)9-13)18-8-6-14(28-18)10-19-20(26)25(21(27)29-19)11-12-3-1-2-4-16(12)23/h1-10H,11H2/b19-10-. The maximum absolute atomic E-state index is 12.7. The van der Waals surface area contributed by atoms with Gasteiger partial charge in [0.15, 0.2) is 0 Å². The Morgan fingerprint density at radius 2 is 1.76 bits per heavy atom. The van der Waals surface area contributed by atoms with Crippen LogP contribution in [-0.2, 0) is 11.3 Å². The highest BCUT2D eigenvalue weighted by Gasteiger charge is 2.35. The summed E-state index contributed by atoms with van der Waals surface area (Å²) in [6.07, 6.45) is 1.55. The molecule has 0 spiro atoms. The van der Waals surface area contributed by atoms with Gasteiger partial charge in [0.05, 0.1) is 16.5 Å². The molecule has 1 fully saturated rings. The molecule has 1 aliphatic heterocycles. The van der Waals surface area contributed by atoms with Crippen molar-refractivity contribution in [2.75, 3.05) is 0 Å². The second kappa shape index (κ2) is 8.28. The second-order valence-corrected chi connectivity index (χ2v) is 8.43. The van der Waals surface area contributed by atoms with Crippen LogP contribution in [0.15, 0.2) is 63.9 Å². The minimum Gasteiger partial charge on any atom is -0.457 e. The average molecular weight is 465 g/mol. The summed E-state index contributed by atoms with van der Waals surface area (Å²) in [6.45, 7) is 0.117. The zero-order valence-corrected chi connectivity index (χ0v) is 17.8. The summed E-state index contributed by atoms with van der Waals surface area (Å²) in [7, 11) is 0. The number of carbonyl (C=O) groups is 2. The maximum atomic E-state index is 12.7. The van der Waals surface area contributed by atoms with Gasteiger partial charge < -0.3 is 4.42 Å². The van der Waals surface area contributed by atoms with Crippen molar-refractivity contribution < 1.29 is 14.0 Å². The van der Waals surface area contributed by atoms with E-state index in [1.807, 2.05) is 6.07 Å². The Bertz CT molecular complexity index is 1160. The van der Waals surface area contributed by atoms with Gasteiger partial charge in [0.25, 0.3) is 11.1 Å². The van der Waals surface area contributed by atoms with Gasteiger partial charge in [-0.1, -0.05) is 53.0 Å². The fraction of sp³-hybridized carbons (Fsp3) is 0.0476. The lowest BCUT2D eigenvalue weighted by Gasteiger charge is -2.13. The molecule has 3 aromatic rings. The predicted octanol–water partition coefficient (Wildman–Crippen LogP) is 7.14. The van der Waals surface area contributed by atoms with E-state index in [0.29, 0.717) is 37.7 Å². The zero-order chi connectivity index (χ0) is 20.5. The van der Waals surface area contributed by atoms with Gasteiger partial charge in [0, 0.05) is 21.7 Å². The molecule has 1 aliphatic rings. The molecule has 0 atom stereocenters. The number of amides is 2. The Labute approximate surface area is 186 Å². The van der Waals surface area contributed by atoms with Crippen LogP contribution < -0.4 is 0 Å². The van der Waals surface area contributed by atoms with E-state index in [1.165, 1.54) is 0 Å². The topological polar surface area (TPSA) is 50.5 Å². The first-order valence-electron chi connectivity index (χ1n) is 8.46. The molecular formula is C21H12Cl3NO3S. The van der Waals surface area contributed by atoms with Crippen LogP contribution in [0.25, 0.3) is 17.4 Å². The van der Waals surface area contributed by atoms with E-state index < -0.39 is 0 Å². The lowest BCUT2D eigenvalue weighted by atomic mass is 10.2. The van der Waals surface area contributed by atoms with Crippen LogP contribution in [0.5, 0.6) is 0 Å². The number of carbonyl (C=O) groups excluding carboxylic acids is 2. The normalized spacial score (nSPS) is 15.6. The zero-order valence-electron chi connectivity index (χ0n) is 14.7. The van der Waals surface area contributed by atoms with E-state index in [4.69, 9.17) is 39.2 Å². The van der Waals surface area contributed by atoms with Crippen molar-refractivity contribution in [2.45, 2.75) is 6.54 Å². The molecule has 2 aromatic carbocycles. The highest BCUT2D eigenvalue weighted by molar-refractivity contribution is 8.18. The molecule has 146 valence electrons. The van der Waals surface area contributed by atoms with E-state index >= 15 is 0 Å². The van der Waals surface area contributed by atoms with Crippen molar-refractivity contribution in [1.82, 2.24) is 4.90 Å². The molecule has 0 saturated carbocycles. The summed E-state index contributed by atoms with van der Waals surface area (Å²) in [6, 6.07) is 15.7. The third kappa shape index (κ3) is 4.23. The van der Waals surface area contributed by atoms with Crippen molar-refractivity contribution in [3.05, 3.63) is 85.9 Å². The van der Waals surface area contributed by atoms with Gasteiger partial charge in [-0.3, -0.25) is 14.5 Å². The molecule has 1 aromatic heterocycles. The van der Waals surface area contributed by atoms with Crippen LogP contribution >= 0.6 is 46.6 Å². The summed E-state index contributed by atoms with van der Waals surface area (Å²) in [5, 5.41) is 1.14. The molecule has 1 saturated heterocycles. The van der Waals surface area contributed by atoms with Gasteiger partial charge in [0.1, 0.15) is 11.5 Å². The Balaban J connectivity index is 1.56. The number of rotatable bonds is 4. The number of halogens is 3. The molecule has 0 aliphatic carbocycles. The maximum Gasteiger partial charge on any atom is 0.293 e. The number of imide groups is 1. The van der Waals surface area contributed by atoms with Crippen LogP contribution in [0.1, 0.15) is 11.3 Å². The van der Waals surface area contributed by atoms with Crippen molar-refractivity contribution in [2.24, 2.45) is 0 Å². The van der Waals surface area contributed by atoms with E-state index in [0.717, 1.165) is 16.7 Å². The van der Waals surface area contributed by atoms with Crippen molar-refractivity contribution in [3.63, 3.8) is 0 Å². The number of furan rings is 1. The van der Waals surface area contributed by atoms with Crippen LogP contribution in [0.4, 0.5) is 4.79 Å². The number of nitrogens with zero attached hydrogens (tertiary/aromatic N) is 1. The second-order valence-electron chi connectivity index (χ2n) is 6.19. The fourth-order valence-corrected chi connectivity index (χ4v) is 4.34. The quantitative estimate of drug-likeness (QED) is 0.385. The summed E-state index contributed by atoms with van der Waals surface area (Å²) >= 11 is 19.1. The molecular weight excluding hydrogens is 453 g/mol. The monoisotopic (exact) mass is 463 g/mol. The third-order valence-corrected chi connectivity index (χ3v) is 6.08. The van der Waals surface area contributed by atoms with Crippen molar-refractivity contribution >= 4 is 63.8 Å². The summed E-state index contributed by atoms with van der Waals surface area (Å²) in [5.41, 5.74) is 1.39. The predicted molar refractivity (Wildman–Crippen MR) is 117 cm³/mol. The first-order chi connectivity index (χ1) is 13.9. The molecule has 0 N–H and O–H groups in total. The number of hydrogen-bond donors (Lipinski definition) is 0. The van der Waals surface area contributed by atoms with Gasteiger partial charge >= 0.3 is 0 Å². The molecule has 29 heavy (non-hydrogen) atoms. The van der Waals surface area contributed by atoms with Gasteiger partial charge in [-0.05, 0) is 53.7 Å². The Kier molecular flexibility index (Phi) is 5.74. The summed E-state index contributed by atoms with van der Waals surface area (Å²) < 4.78 is 5.79. The lowest BCUT2D eigenvalue weighted by molar-refractivity contribution is -0.123. The molecule has 2 heterocycles. The Morgan fingerprint density at radius 3 is 2.52 bits per heavy atom. The Hall–Kier alpha value is -2.18. The highest BCUT2D eigenvalue weighted by Crippen LogP contribution is 2.36. The van der Waals surface area contributed by atoms with E-state index in [-0.39, 0.29) is 22.6 Å². The molecule has 2 amide bonds. The molecule has 0 bridgehead atoms. The number of thioether (sulfide) groups is 1. The smallest absolute Gasteiger partial charge is 0.293 e. The number of hydrogen-bond acceptors (Lipinski definition) is 4. The third-order valence-electron chi connectivity index (χ3n) is 4.26. The number of benzene rings is 2. The lowest BCUT2D eigenvalue weighted by Crippen LogP contribution is -2.27. The summed E-state index contributed by atoms with van der Waals surface area (Å²) in [5.74, 6) is 0.588. The van der Waals surface area contributed by atoms with Crippen LogP contribution in [0, 0.1) is 0 Å². The van der Waals surface area contributed by atoms with Gasteiger partial charge in [-0.25, -0.2) is 0 Å². The first kappa shape index (κ1) is 20.1. The van der Waals surface area contributed by atoms with Gasteiger partial charge in [0.2, 0.25) is 0 Å². The van der Waals surface area contributed by atoms with E-state index in [9.17, 15) is 9.59 Å². The minimum absolute atomic E-state index is 0.117. The fourth-order valence-electron chi connectivity index (χ4n) is 2.83. The van der Waals surface area contributed by atoms with Crippen molar-refractivity contribution in [1.29, 1.82) is 0 Å². The molecule has 4 rings (SSSR count). The Morgan fingerprint density at radius 1 is 0.966 bits per heavy atom. The average Bonchev–Trinajstić information content (AvgIpc) is 3.24. The van der Waals surface area contributed by atoms with Gasteiger partial charge in [-0.2, -0.15) is 0 Å². The molecule has 0 unspecified atom stereocenters.